The predicted molar refractivity (Wildman–Crippen MR) is 71.0 cm³/mol. The molecule has 1 aliphatic heterocycles. The molecule has 0 bridgehead atoms. The molecule has 0 radical (unpaired) electrons. The van der Waals surface area contributed by atoms with Crippen LogP contribution in [0.4, 0.5) is 0 Å². The molecule has 15 heavy (non-hydrogen) atoms. The summed E-state index contributed by atoms with van der Waals surface area (Å²) in [5.41, 5.74) is 2.72. The van der Waals surface area contributed by atoms with Crippen molar-refractivity contribution in [2.24, 2.45) is 0 Å². The quantitative estimate of drug-likeness (QED) is 0.736. The van der Waals surface area contributed by atoms with Gasteiger partial charge >= 0.3 is 0 Å². The number of thiazole rings is 1. The van der Waals surface area contributed by atoms with E-state index in [1.807, 2.05) is 11.3 Å². The van der Waals surface area contributed by atoms with E-state index in [-0.39, 0.29) is 0 Å². The molecule has 1 aliphatic carbocycles. The van der Waals surface area contributed by atoms with E-state index in [1.54, 1.807) is 0 Å². The van der Waals surface area contributed by atoms with Crippen molar-refractivity contribution in [3.05, 3.63) is 37.5 Å². The third-order valence-electron chi connectivity index (χ3n) is 2.88. The highest BCUT2D eigenvalue weighted by Gasteiger charge is 2.18. The largest absolute Gasteiger partial charge is 0.371 e. The van der Waals surface area contributed by atoms with E-state index in [1.165, 1.54) is 19.3 Å². The van der Waals surface area contributed by atoms with E-state index >= 15 is 0 Å². The first-order valence-corrected chi connectivity index (χ1v) is 7.00. The smallest absolute Gasteiger partial charge is 0.154 e. The van der Waals surface area contributed by atoms with Crippen molar-refractivity contribution in [3.63, 3.8) is 0 Å². The zero-order valence-electron chi connectivity index (χ0n) is 8.24. The number of fused-ring (bicyclic) bond motifs is 1. The lowest BCUT2D eigenvalue weighted by Gasteiger charge is -2.25. The molecule has 0 amide bonds. The molecule has 4 heteroatoms. The summed E-state index contributed by atoms with van der Waals surface area (Å²) in [5, 5.41) is 0. The Bertz CT molecular complexity index is 422. The van der Waals surface area contributed by atoms with Gasteiger partial charge in [0.15, 0.2) is 3.01 Å². The van der Waals surface area contributed by atoms with Gasteiger partial charge in [0.2, 0.25) is 0 Å². The highest BCUT2D eigenvalue weighted by molar-refractivity contribution is 14.1. The van der Waals surface area contributed by atoms with E-state index in [0.29, 0.717) is 0 Å². The van der Waals surface area contributed by atoms with Crippen molar-refractivity contribution in [2.45, 2.75) is 12.8 Å². The third-order valence-corrected chi connectivity index (χ3v) is 4.73. The van der Waals surface area contributed by atoms with Gasteiger partial charge in [-0.15, -0.1) is 11.3 Å². The number of allylic oxidation sites excluding steroid dienone is 3. The van der Waals surface area contributed by atoms with Gasteiger partial charge in [-0.25, -0.2) is 4.98 Å². The molecule has 0 saturated carbocycles. The molecule has 0 unspecified atom stereocenters. The fourth-order valence-electron chi connectivity index (χ4n) is 1.98. The number of rotatable bonds is 1. The van der Waals surface area contributed by atoms with E-state index in [4.69, 9.17) is 0 Å². The molecule has 1 aromatic heterocycles. The highest BCUT2D eigenvalue weighted by Crippen LogP contribution is 2.26. The van der Waals surface area contributed by atoms with Gasteiger partial charge < -0.3 is 4.90 Å². The molecule has 0 atom stereocenters. The molecule has 2 heterocycles. The minimum atomic E-state index is 1.10. The topological polar surface area (TPSA) is 16.1 Å². The van der Waals surface area contributed by atoms with Crippen molar-refractivity contribution in [1.29, 1.82) is 0 Å². The van der Waals surface area contributed by atoms with E-state index < -0.39 is 0 Å². The van der Waals surface area contributed by atoms with Crippen LogP contribution < -0.4 is 0 Å². The van der Waals surface area contributed by atoms with Crippen LogP contribution in [-0.4, -0.2) is 23.0 Å². The minimum absolute atomic E-state index is 1.10. The maximum atomic E-state index is 4.59. The Morgan fingerprint density at radius 1 is 1.33 bits per heavy atom. The number of aromatic nitrogens is 1. The van der Waals surface area contributed by atoms with Gasteiger partial charge in [0.05, 0.1) is 5.69 Å². The fourth-order valence-corrected chi connectivity index (χ4v) is 3.89. The standard InChI is InChI=1S/C11H11IN2S/c12-11-13-9-4-6-14(8-2-1-3-8)7-5-10(9)15-11/h1-3H,4-7H2. The first kappa shape index (κ1) is 9.84. The molecular weight excluding hydrogens is 319 g/mol. The maximum absolute atomic E-state index is 4.59. The zero-order chi connectivity index (χ0) is 10.3. The van der Waals surface area contributed by atoms with Gasteiger partial charge in [-0.2, -0.15) is 0 Å². The van der Waals surface area contributed by atoms with Gasteiger partial charge in [-0.3, -0.25) is 0 Å². The second-order valence-corrected chi connectivity index (χ2v) is 6.61. The Labute approximate surface area is 107 Å². The molecule has 0 aromatic carbocycles. The molecular formula is C11H11IN2S. The van der Waals surface area contributed by atoms with Crippen molar-refractivity contribution in [1.82, 2.24) is 9.88 Å². The predicted octanol–water partition coefficient (Wildman–Crippen LogP) is 2.60. The first-order valence-electron chi connectivity index (χ1n) is 5.10. The first-order chi connectivity index (χ1) is 7.33. The van der Waals surface area contributed by atoms with Crippen molar-refractivity contribution >= 4 is 33.9 Å². The van der Waals surface area contributed by atoms with Crippen LogP contribution in [0, 0.1) is 3.01 Å². The normalized spacial score (nSPS) is 19.3. The number of hydrogen-bond acceptors (Lipinski definition) is 3. The van der Waals surface area contributed by atoms with E-state index in [0.717, 1.165) is 25.9 Å². The van der Waals surface area contributed by atoms with E-state index in [9.17, 15) is 0 Å². The lowest BCUT2D eigenvalue weighted by atomic mass is 10.2. The van der Waals surface area contributed by atoms with Gasteiger partial charge in [0.25, 0.3) is 0 Å². The minimum Gasteiger partial charge on any atom is -0.371 e. The Balaban J connectivity index is 1.77. The summed E-state index contributed by atoms with van der Waals surface area (Å²) in [4.78, 5) is 8.54. The van der Waals surface area contributed by atoms with Crippen LogP contribution >= 0.6 is 33.9 Å². The number of hydrogen-bond donors (Lipinski definition) is 0. The van der Waals surface area contributed by atoms with E-state index in [2.05, 4.69) is 50.7 Å². The van der Waals surface area contributed by atoms with Gasteiger partial charge in [-0.1, -0.05) is 6.08 Å². The van der Waals surface area contributed by atoms with Crippen LogP contribution in [0.5, 0.6) is 0 Å². The van der Waals surface area contributed by atoms with Crippen LogP contribution in [0.3, 0.4) is 0 Å². The Hall–Kier alpha value is -0.360. The summed E-state index contributed by atoms with van der Waals surface area (Å²) >= 11 is 4.18. The van der Waals surface area contributed by atoms with Crippen molar-refractivity contribution < 1.29 is 0 Å². The van der Waals surface area contributed by atoms with Crippen LogP contribution in [0.15, 0.2) is 23.9 Å². The van der Waals surface area contributed by atoms with Gasteiger partial charge in [0, 0.05) is 36.5 Å². The zero-order valence-corrected chi connectivity index (χ0v) is 11.2. The summed E-state index contributed by atoms with van der Waals surface area (Å²) < 4.78 is 1.19. The van der Waals surface area contributed by atoms with Crippen LogP contribution in [0.2, 0.25) is 0 Å². The summed E-state index contributed by atoms with van der Waals surface area (Å²) in [5.74, 6) is 0. The molecule has 0 spiro atoms. The fraction of sp³-hybridized carbons (Fsp3) is 0.364. The maximum Gasteiger partial charge on any atom is 0.154 e. The van der Waals surface area contributed by atoms with Crippen LogP contribution in [-0.2, 0) is 12.8 Å². The average Bonchev–Trinajstić information content (AvgIpc) is 2.38. The molecule has 0 N–H and O–H groups in total. The van der Waals surface area contributed by atoms with Gasteiger partial charge in [0.1, 0.15) is 0 Å². The van der Waals surface area contributed by atoms with Crippen LogP contribution in [0.1, 0.15) is 10.6 Å². The molecule has 2 nitrogen and oxygen atoms in total. The molecule has 3 rings (SSSR count). The highest BCUT2D eigenvalue weighted by atomic mass is 127. The SMILES string of the molecule is Ic1nc2c(s1)CCN(C1=CC=C1)CC2. The number of nitrogens with zero attached hydrogens (tertiary/aromatic N) is 2. The van der Waals surface area contributed by atoms with Gasteiger partial charge in [-0.05, 0) is 34.7 Å². The Morgan fingerprint density at radius 3 is 2.87 bits per heavy atom. The lowest BCUT2D eigenvalue weighted by molar-refractivity contribution is 0.369. The van der Waals surface area contributed by atoms with Crippen molar-refractivity contribution in [2.75, 3.05) is 13.1 Å². The molecule has 78 valence electrons. The van der Waals surface area contributed by atoms with Crippen molar-refractivity contribution in [3.8, 4) is 0 Å². The summed E-state index contributed by atoms with van der Waals surface area (Å²) in [7, 11) is 0. The lowest BCUT2D eigenvalue weighted by Crippen LogP contribution is -2.26. The molecule has 0 saturated heterocycles. The average molecular weight is 330 g/mol. The molecule has 0 fully saturated rings. The number of halogens is 1. The van der Waals surface area contributed by atoms with Crippen LogP contribution in [0.25, 0.3) is 0 Å². The third kappa shape index (κ3) is 1.85. The Kier molecular flexibility index (Phi) is 2.56. The molecule has 1 aromatic rings. The monoisotopic (exact) mass is 330 g/mol. The Morgan fingerprint density at radius 2 is 2.13 bits per heavy atom. The summed E-state index contributed by atoms with van der Waals surface area (Å²) in [6, 6.07) is 0. The summed E-state index contributed by atoms with van der Waals surface area (Å²) in [6.07, 6.45) is 8.74. The second kappa shape index (κ2) is 3.90. The molecule has 2 aliphatic rings. The summed E-state index contributed by atoms with van der Waals surface area (Å²) in [6.45, 7) is 2.25. The second-order valence-electron chi connectivity index (χ2n) is 3.77.